The summed E-state index contributed by atoms with van der Waals surface area (Å²) in [5.41, 5.74) is 2.46. The van der Waals surface area contributed by atoms with E-state index in [0.29, 0.717) is 24.9 Å². The second-order valence-corrected chi connectivity index (χ2v) is 6.25. The van der Waals surface area contributed by atoms with Crippen LogP contribution in [0.15, 0.2) is 18.2 Å². The van der Waals surface area contributed by atoms with Crippen LogP contribution in [0, 0.1) is 9.49 Å². The van der Waals surface area contributed by atoms with Gasteiger partial charge in [-0.3, -0.25) is 0 Å². The zero-order valence-corrected chi connectivity index (χ0v) is 12.1. The van der Waals surface area contributed by atoms with E-state index in [4.69, 9.17) is 5.11 Å². The van der Waals surface area contributed by atoms with Crippen molar-refractivity contribution in [3.63, 3.8) is 0 Å². The molecule has 1 aromatic carbocycles. The highest BCUT2D eigenvalue weighted by atomic mass is 127. The molecule has 2 N–H and O–H groups in total. The lowest BCUT2D eigenvalue weighted by atomic mass is 9.87. The molecule has 96 valence electrons. The number of carbonyl (C=O) groups is 1. The fourth-order valence-electron chi connectivity index (χ4n) is 3.07. The third-order valence-electron chi connectivity index (χ3n) is 3.96. The van der Waals surface area contributed by atoms with Gasteiger partial charge in [-0.2, -0.15) is 0 Å². The fourth-order valence-corrected chi connectivity index (χ4v) is 3.58. The molecule has 3 rings (SSSR count). The van der Waals surface area contributed by atoms with Crippen LogP contribution in [0.3, 0.4) is 0 Å². The van der Waals surface area contributed by atoms with Crippen LogP contribution >= 0.6 is 22.6 Å². The van der Waals surface area contributed by atoms with Crippen molar-refractivity contribution in [2.45, 2.75) is 12.3 Å². The molecule has 0 spiro atoms. The van der Waals surface area contributed by atoms with Crippen molar-refractivity contribution in [3.8, 4) is 0 Å². The Labute approximate surface area is 120 Å². The normalized spacial score (nSPS) is 25.9. The van der Waals surface area contributed by atoms with Crippen molar-refractivity contribution in [2.24, 2.45) is 5.92 Å². The number of carboxylic acid groups (broad SMARTS) is 1. The molecule has 0 saturated carbocycles. The van der Waals surface area contributed by atoms with Gasteiger partial charge in [-0.15, -0.1) is 0 Å². The van der Waals surface area contributed by atoms with Gasteiger partial charge < -0.3 is 15.3 Å². The van der Waals surface area contributed by atoms with E-state index in [0.717, 1.165) is 13.0 Å². The van der Waals surface area contributed by atoms with Gasteiger partial charge in [0.2, 0.25) is 0 Å². The van der Waals surface area contributed by atoms with E-state index in [2.05, 4.69) is 46.1 Å². The number of anilines is 1. The van der Waals surface area contributed by atoms with E-state index in [-0.39, 0.29) is 0 Å². The quantitative estimate of drug-likeness (QED) is 0.702. The Balaban J connectivity index is 1.97. The minimum absolute atomic E-state index is 0.348. The first-order valence-electron chi connectivity index (χ1n) is 6.16. The highest BCUT2D eigenvalue weighted by molar-refractivity contribution is 14.1. The third-order valence-corrected chi connectivity index (χ3v) is 4.63. The first-order chi connectivity index (χ1) is 8.65. The lowest BCUT2D eigenvalue weighted by Crippen LogP contribution is -2.27. The summed E-state index contributed by atoms with van der Waals surface area (Å²) >= 11 is 2.31. The Hall–Kier alpha value is -0.980. The molecule has 2 heterocycles. The number of hydrogen-bond acceptors (Lipinski definition) is 2. The lowest BCUT2D eigenvalue weighted by Gasteiger charge is -2.17. The van der Waals surface area contributed by atoms with Crippen molar-refractivity contribution in [2.75, 3.05) is 25.0 Å². The van der Waals surface area contributed by atoms with E-state index in [1.807, 2.05) is 0 Å². The second kappa shape index (κ2) is 4.60. The van der Waals surface area contributed by atoms with E-state index in [9.17, 15) is 4.79 Å². The van der Waals surface area contributed by atoms with Gasteiger partial charge >= 0.3 is 6.09 Å². The molecule has 0 radical (unpaired) electrons. The van der Waals surface area contributed by atoms with Gasteiger partial charge in [0.15, 0.2) is 0 Å². The van der Waals surface area contributed by atoms with Gasteiger partial charge in [-0.1, -0.05) is 0 Å². The molecule has 5 heteroatoms. The number of amides is 1. The van der Waals surface area contributed by atoms with E-state index in [1.54, 1.807) is 4.90 Å². The van der Waals surface area contributed by atoms with Crippen LogP contribution in [-0.4, -0.2) is 35.7 Å². The summed E-state index contributed by atoms with van der Waals surface area (Å²) in [6.45, 7) is 2.24. The third kappa shape index (κ3) is 2.04. The molecule has 0 aromatic heterocycles. The molecule has 0 unspecified atom stereocenters. The molecule has 0 aliphatic carbocycles. The van der Waals surface area contributed by atoms with Crippen molar-refractivity contribution >= 4 is 34.4 Å². The maximum Gasteiger partial charge on any atom is 0.407 e. The number of nitrogens with zero attached hydrogens (tertiary/aromatic N) is 1. The summed E-state index contributed by atoms with van der Waals surface area (Å²) in [6, 6.07) is 6.40. The molecule has 2 aliphatic rings. The monoisotopic (exact) mass is 358 g/mol. The topological polar surface area (TPSA) is 52.6 Å². The average molecular weight is 358 g/mol. The molecule has 1 amide bonds. The first kappa shape index (κ1) is 12.1. The highest BCUT2D eigenvalue weighted by Crippen LogP contribution is 2.40. The molecule has 0 bridgehead atoms. The first-order valence-corrected chi connectivity index (χ1v) is 7.24. The van der Waals surface area contributed by atoms with Crippen molar-refractivity contribution < 1.29 is 9.90 Å². The number of halogens is 1. The van der Waals surface area contributed by atoms with Crippen LogP contribution in [0.2, 0.25) is 0 Å². The smallest absolute Gasteiger partial charge is 0.407 e. The largest absolute Gasteiger partial charge is 0.465 e. The summed E-state index contributed by atoms with van der Waals surface area (Å²) in [5, 5.41) is 12.6. The zero-order valence-electron chi connectivity index (χ0n) is 9.90. The number of benzene rings is 1. The van der Waals surface area contributed by atoms with Crippen LogP contribution in [0.1, 0.15) is 17.9 Å². The van der Waals surface area contributed by atoms with E-state index >= 15 is 0 Å². The van der Waals surface area contributed by atoms with Gasteiger partial charge in [0.05, 0.1) is 0 Å². The molecular weight excluding hydrogens is 343 g/mol. The Morgan fingerprint density at radius 1 is 1.44 bits per heavy atom. The summed E-state index contributed by atoms with van der Waals surface area (Å²) in [4.78, 5) is 12.7. The van der Waals surface area contributed by atoms with Crippen LogP contribution in [0.4, 0.5) is 10.5 Å². The highest BCUT2D eigenvalue weighted by Gasteiger charge is 2.38. The van der Waals surface area contributed by atoms with Gasteiger partial charge in [-0.05, 0) is 58.7 Å². The Kier molecular flexibility index (Phi) is 3.09. The standard InChI is InChI=1S/C13H15IN2O2/c14-9-1-2-12-10(5-9)11-7-16(13(17)18)6-8(11)3-4-15-12/h1-2,5,8,11,15H,3-4,6-7H2,(H,17,18)/t8-,11-/m0/s1. The minimum Gasteiger partial charge on any atom is -0.465 e. The van der Waals surface area contributed by atoms with Crippen LogP contribution < -0.4 is 5.32 Å². The number of rotatable bonds is 0. The molecule has 1 saturated heterocycles. The molecule has 4 nitrogen and oxygen atoms in total. The summed E-state index contributed by atoms with van der Waals surface area (Å²) in [5.74, 6) is 0.800. The maximum absolute atomic E-state index is 11.1. The minimum atomic E-state index is -0.789. The predicted molar refractivity (Wildman–Crippen MR) is 78.1 cm³/mol. The molecule has 1 aromatic rings. The van der Waals surface area contributed by atoms with Crippen molar-refractivity contribution in [1.29, 1.82) is 0 Å². The summed E-state index contributed by atoms with van der Waals surface area (Å²) < 4.78 is 1.21. The van der Waals surface area contributed by atoms with Gasteiger partial charge in [0.1, 0.15) is 0 Å². The maximum atomic E-state index is 11.1. The molecule has 2 aliphatic heterocycles. The SMILES string of the molecule is O=C(O)N1C[C@@H]2CCNc3ccc(I)cc3[C@H]2C1. The Bertz CT molecular complexity index is 492. The van der Waals surface area contributed by atoms with Crippen LogP contribution in [0.25, 0.3) is 0 Å². The van der Waals surface area contributed by atoms with E-state index in [1.165, 1.54) is 14.8 Å². The molecule has 2 atom stereocenters. The predicted octanol–water partition coefficient (Wildman–Crippen LogP) is 2.80. The van der Waals surface area contributed by atoms with Gasteiger partial charge in [0.25, 0.3) is 0 Å². The Morgan fingerprint density at radius 2 is 2.28 bits per heavy atom. The zero-order chi connectivity index (χ0) is 12.7. The molecule has 1 fully saturated rings. The molecule has 18 heavy (non-hydrogen) atoms. The lowest BCUT2D eigenvalue weighted by molar-refractivity contribution is 0.153. The van der Waals surface area contributed by atoms with Crippen molar-refractivity contribution in [1.82, 2.24) is 4.90 Å². The van der Waals surface area contributed by atoms with Crippen molar-refractivity contribution in [3.05, 3.63) is 27.3 Å². The summed E-state index contributed by atoms with van der Waals surface area (Å²) in [6.07, 6.45) is 0.253. The van der Waals surface area contributed by atoms with Gasteiger partial charge in [-0.25, -0.2) is 4.79 Å². The average Bonchev–Trinajstić information content (AvgIpc) is 2.68. The number of fused-ring (bicyclic) bond motifs is 3. The van der Waals surface area contributed by atoms with Crippen LogP contribution in [0.5, 0.6) is 0 Å². The van der Waals surface area contributed by atoms with Gasteiger partial charge in [0, 0.05) is 34.8 Å². The number of likely N-dealkylation sites (tertiary alicyclic amines) is 1. The Morgan fingerprint density at radius 3 is 3.06 bits per heavy atom. The number of nitrogens with one attached hydrogen (secondary N) is 1. The summed E-state index contributed by atoms with van der Waals surface area (Å²) in [7, 11) is 0. The number of hydrogen-bond donors (Lipinski definition) is 2. The van der Waals surface area contributed by atoms with E-state index < -0.39 is 6.09 Å². The fraction of sp³-hybridized carbons (Fsp3) is 0.462. The molecular formula is C13H15IN2O2. The van der Waals surface area contributed by atoms with Crippen LogP contribution in [-0.2, 0) is 0 Å². The second-order valence-electron chi connectivity index (χ2n) is 5.00.